The van der Waals surface area contributed by atoms with E-state index in [-0.39, 0.29) is 18.7 Å². The molecule has 0 bridgehead atoms. The van der Waals surface area contributed by atoms with Gasteiger partial charge in [0.1, 0.15) is 11.5 Å². The second-order valence-corrected chi connectivity index (χ2v) is 10.6. The van der Waals surface area contributed by atoms with Crippen LogP contribution in [0.4, 0.5) is 4.79 Å². The number of ether oxygens (including phenoxy) is 2. The molecule has 0 saturated carbocycles. The van der Waals surface area contributed by atoms with Crippen molar-refractivity contribution < 1.29 is 19.4 Å². The number of aliphatic hydroxyl groups excluding tert-OH is 1. The lowest BCUT2D eigenvalue weighted by molar-refractivity contribution is 0.177. The summed E-state index contributed by atoms with van der Waals surface area (Å²) in [4.78, 5) is 15.8. The maximum atomic E-state index is 13.7. The zero-order chi connectivity index (χ0) is 28.2. The lowest BCUT2D eigenvalue weighted by Gasteiger charge is -2.45. The van der Waals surface area contributed by atoms with Crippen molar-refractivity contribution in [1.82, 2.24) is 10.2 Å². The van der Waals surface area contributed by atoms with Gasteiger partial charge in [0.2, 0.25) is 0 Å². The topological polar surface area (TPSA) is 71.0 Å². The number of nitrogens with one attached hydrogen (secondary N) is 1. The predicted molar refractivity (Wildman–Crippen MR) is 160 cm³/mol. The molecule has 1 aliphatic rings. The Morgan fingerprint density at radius 1 is 0.800 bits per heavy atom. The minimum atomic E-state index is -0.583. The Labute approximate surface area is 239 Å². The van der Waals surface area contributed by atoms with Gasteiger partial charge in [0.05, 0.1) is 25.7 Å². The number of hydrogen-bond acceptors (Lipinski definition) is 4. The minimum Gasteiger partial charge on any atom is -0.497 e. The molecule has 1 heterocycles. The summed E-state index contributed by atoms with van der Waals surface area (Å²) in [5.41, 5.74) is 2.81. The summed E-state index contributed by atoms with van der Waals surface area (Å²) in [5, 5.41) is 12.2. The van der Waals surface area contributed by atoms with Crippen molar-refractivity contribution >= 4 is 6.03 Å². The van der Waals surface area contributed by atoms with Crippen LogP contribution in [0.25, 0.3) is 0 Å². The van der Waals surface area contributed by atoms with Crippen LogP contribution in [-0.2, 0) is 5.41 Å². The molecule has 2 amide bonds. The monoisotopic (exact) mass is 544 g/mol. The van der Waals surface area contributed by atoms with Crippen LogP contribution in [0.2, 0.25) is 0 Å². The van der Waals surface area contributed by atoms with Gasteiger partial charge in [-0.25, -0.2) is 4.79 Å². The average molecular weight is 545 g/mol. The van der Waals surface area contributed by atoms with E-state index in [9.17, 15) is 4.79 Å². The van der Waals surface area contributed by atoms with Crippen LogP contribution in [0.1, 0.15) is 68.1 Å². The lowest BCUT2D eigenvalue weighted by Crippen LogP contribution is -2.53. The molecule has 0 aromatic heterocycles. The summed E-state index contributed by atoms with van der Waals surface area (Å²) >= 11 is 0. The fraction of sp³-hybridized carbons (Fsp3) is 0.441. The van der Waals surface area contributed by atoms with Crippen molar-refractivity contribution in [1.29, 1.82) is 0 Å². The lowest BCUT2D eigenvalue weighted by atomic mass is 9.64. The summed E-state index contributed by atoms with van der Waals surface area (Å²) in [6, 6.07) is 27.1. The van der Waals surface area contributed by atoms with Gasteiger partial charge in [-0.3, -0.25) is 0 Å². The van der Waals surface area contributed by atoms with Gasteiger partial charge in [0.25, 0.3) is 0 Å². The molecule has 0 aliphatic carbocycles. The molecule has 1 atom stereocenters. The van der Waals surface area contributed by atoms with E-state index in [1.165, 1.54) is 0 Å². The second kappa shape index (κ2) is 14.8. The average Bonchev–Trinajstić information content (AvgIpc) is 3.50. The van der Waals surface area contributed by atoms with Crippen molar-refractivity contribution in [3.8, 4) is 11.5 Å². The van der Waals surface area contributed by atoms with Crippen molar-refractivity contribution in [3.05, 3.63) is 95.6 Å². The molecule has 1 fully saturated rings. The first kappa shape index (κ1) is 29.5. The Hall–Kier alpha value is -3.51. The van der Waals surface area contributed by atoms with E-state index in [1.54, 1.807) is 14.2 Å². The van der Waals surface area contributed by atoms with Gasteiger partial charge in [-0.15, -0.1) is 0 Å². The zero-order valence-corrected chi connectivity index (χ0v) is 24.0. The van der Waals surface area contributed by atoms with Crippen molar-refractivity contribution in [2.45, 2.75) is 62.8 Å². The first-order chi connectivity index (χ1) is 19.6. The smallest absolute Gasteiger partial charge is 0.317 e. The first-order valence-corrected chi connectivity index (χ1v) is 14.6. The molecule has 1 saturated heterocycles. The molecule has 2 N–H and O–H groups in total. The second-order valence-electron chi connectivity index (χ2n) is 10.6. The summed E-state index contributed by atoms with van der Waals surface area (Å²) in [6.07, 6.45) is 8.09. The maximum Gasteiger partial charge on any atom is 0.317 e. The molecule has 3 aromatic rings. The first-order valence-electron chi connectivity index (χ1n) is 14.6. The van der Waals surface area contributed by atoms with Gasteiger partial charge in [0, 0.05) is 19.7 Å². The van der Waals surface area contributed by atoms with Crippen LogP contribution in [-0.4, -0.2) is 56.0 Å². The number of rotatable bonds is 14. The standard InChI is InChI=1S/C34H44N2O4/c1-39-30-20-16-28(17-21-30)34(27-13-8-7-9-14-27,29-18-22-31(40-2)23-19-29)32-15-12-25-36(32)33(38)35-24-10-5-3-4-6-11-26-37/h7-9,13-14,16-23,32,37H,3-6,10-12,15,24-26H2,1-2H3,(H,35,38)/t32-/m0/s1. The van der Waals surface area contributed by atoms with E-state index < -0.39 is 5.41 Å². The fourth-order valence-corrected chi connectivity index (χ4v) is 6.19. The van der Waals surface area contributed by atoms with Gasteiger partial charge < -0.3 is 24.8 Å². The number of unbranched alkanes of at least 4 members (excludes halogenated alkanes) is 5. The third-order valence-electron chi connectivity index (χ3n) is 8.19. The molecular weight excluding hydrogens is 500 g/mol. The van der Waals surface area contributed by atoms with Gasteiger partial charge in [0.15, 0.2) is 0 Å². The van der Waals surface area contributed by atoms with Gasteiger partial charge in [-0.1, -0.05) is 80.3 Å². The number of urea groups is 1. The molecule has 0 radical (unpaired) electrons. The molecule has 0 unspecified atom stereocenters. The Morgan fingerprint density at radius 2 is 1.32 bits per heavy atom. The number of amides is 2. The summed E-state index contributed by atoms with van der Waals surface area (Å²) < 4.78 is 11.0. The zero-order valence-electron chi connectivity index (χ0n) is 24.0. The Bertz CT molecular complexity index is 1120. The number of benzene rings is 3. The minimum absolute atomic E-state index is 0.00473. The number of nitrogens with zero attached hydrogens (tertiary/aromatic N) is 1. The van der Waals surface area contributed by atoms with Crippen LogP contribution in [0.3, 0.4) is 0 Å². The van der Waals surface area contributed by atoms with Crippen molar-refractivity contribution in [2.75, 3.05) is 33.9 Å². The largest absolute Gasteiger partial charge is 0.497 e. The van der Waals surface area contributed by atoms with E-state index in [4.69, 9.17) is 14.6 Å². The Balaban J connectivity index is 1.67. The molecule has 3 aromatic carbocycles. The third kappa shape index (κ3) is 6.61. The van der Waals surface area contributed by atoms with Crippen LogP contribution in [0.5, 0.6) is 11.5 Å². The third-order valence-corrected chi connectivity index (χ3v) is 8.19. The number of likely N-dealkylation sites (tertiary alicyclic amines) is 1. The van der Waals surface area contributed by atoms with Crippen LogP contribution < -0.4 is 14.8 Å². The summed E-state index contributed by atoms with van der Waals surface area (Å²) in [7, 11) is 3.36. The molecule has 6 heteroatoms. The van der Waals surface area contributed by atoms with E-state index in [2.05, 4.69) is 58.7 Å². The van der Waals surface area contributed by atoms with Crippen LogP contribution >= 0.6 is 0 Å². The molecule has 40 heavy (non-hydrogen) atoms. The van der Waals surface area contributed by atoms with Gasteiger partial charge in [-0.2, -0.15) is 0 Å². The van der Waals surface area contributed by atoms with Crippen molar-refractivity contribution in [2.24, 2.45) is 0 Å². The molecule has 4 rings (SSSR count). The van der Waals surface area contributed by atoms with Crippen LogP contribution in [0.15, 0.2) is 78.9 Å². The molecule has 6 nitrogen and oxygen atoms in total. The Morgan fingerprint density at radius 3 is 1.88 bits per heavy atom. The highest BCUT2D eigenvalue weighted by molar-refractivity contribution is 5.76. The summed E-state index contributed by atoms with van der Waals surface area (Å²) in [6.45, 7) is 1.66. The molecular formula is C34H44N2O4. The number of carbonyl (C=O) groups excluding carboxylic acids is 1. The molecule has 1 aliphatic heterocycles. The maximum absolute atomic E-state index is 13.7. The molecule has 214 valence electrons. The number of aliphatic hydroxyl groups is 1. The van der Waals surface area contributed by atoms with E-state index in [1.807, 2.05) is 30.3 Å². The number of hydrogen-bond donors (Lipinski definition) is 2. The molecule has 0 spiro atoms. The Kier molecular flexibility index (Phi) is 10.9. The number of carbonyl (C=O) groups is 1. The normalized spacial score (nSPS) is 15.2. The van der Waals surface area contributed by atoms with E-state index in [0.29, 0.717) is 6.54 Å². The summed E-state index contributed by atoms with van der Waals surface area (Å²) in [5.74, 6) is 1.61. The SMILES string of the molecule is COc1ccc(C(c2ccccc2)(c2ccc(OC)cc2)[C@@H]2CCCN2C(=O)NCCCCCCCCO)cc1. The predicted octanol–water partition coefficient (Wildman–Crippen LogP) is 6.55. The van der Waals surface area contributed by atoms with Gasteiger partial charge >= 0.3 is 6.03 Å². The van der Waals surface area contributed by atoms with E-state index >= 15 is 0 Å². The van der Waals surface area contributed by atoms with E-state index in [0.717, 1.165) is 86.1 Å². The number of methoxy groups -OCH3 is 2. The fourth-order valence-electron chi connectivity index (χ4n) is 6.19. The quantitative estimate of drug-likeness (QED) is 0.178. The highest BCUT2D eigenvalue weighted by Gasteiger charge is 2.49. The van der Waals surface area contributed by atoms with Gasteiger partial charge in [-0.05, 0) is 66.6 Å². The highest BCUT2D eigenvalue weighted by atomic mass is 16.5. The van der Waals surface area contributed by atoms with Crippen LogP contribution in [0, 0.1) is 0 Å². The highest BCUT2D eigenvalue weighted by Crippen LogP contribution is 2.48. The van der Waals surface area contributed by atoms with Crippen molar-refractivity contribution in [3.63, 3.8) is 0 Å².